The van der Waals surface area contributed by atoms with Crippen LogP contribution in [-0.4, -0.2) is 56.4 Å². The highest BCUT2D eigenvalue weighted by Gasteiger charge is 2.41. The minimum atomic E-state index is -2.54. The number of fused-ring (bicyclic) bond motifs is 1. The molecular formula is C22H27F2N5O. The summed E-state index contributed by atoms with van der Waals surface area (Å²) in [5.74, 6) is -1.94. The van der Waals surface area contributed by atoms with E-state index in [0.29, 0.717) is 12.2 Å². The molecule has 3 aliphatic rings. The molecule has 30 heavy (non-hydrogen) atoms. The summed E-state index contributed by atoms with van der Waals surface area (Å²) in [4.78, 5) is 23.8. The summed E-state index contributed by atoms with van der Waals surface area (Å²) in [7, 11) is 0. The Morgan fingerprint density at radius 3 is 2.73 bits per heavy atom. The number of halogens is 2. The van der Waals surface area contributed by atoms with Gasteiger partial charge in [-0.15, -0.1) is 0 Å². The highest BCUT2D eigenvalue weighted by Crippen LogP contribution is 2.33. The Morgan fingerprint density at radius 2 is 2.03 bits per heavy atom. The summed E-state index contributed by atoms with van der Waals surface area (Å²) >= 11 is 0. The van der Waals surface area contributed by atoms with Crippen molar-refractivity contribution >= 4 is 5.91 Å². The summed E-state index contributed by atoms with van der Waals surface area (Å²) in [6.45, 7) is 0.359. The van der Waals surface area contributed by atoms with Crippen LogP contribution in [0.1, 0.15) is 60.1 Å². The molecule has 1 amide bonds. The fraction of sp³-hybridized carbons (Fsp3) is 0.591. The SMILES string of the molecule is O=C(N[C@H]1CC[C@H](N2CCC(F)(F)C2)CC1)c1nc(-n2ccnc2)cc2c1CCC2. The number of hydrogen-bond donors (Lipinski definition) is 1. The number of pyridine rings is 1. The predicted octanol–water partition coefficient (Wildman–Crippen LogP) is 3.14. The Balaban J connectivity index is 1.25. The van der Waals surface area contributed by atoms with E-state index in [1.165, 1.54) is 5.56 Å². The van der Waals surface area contributed by atoms with E-state index >= 15 is 0 Å². The number of carbonyl (C=O) groups is 1. The zero-order valence-electron chi connectivity index (χ0n) is 17.0. The van der Waals surface area contributed by atoms with Crippen LogP contribution in [0.5, 0.6) is 0 Å². The largest absolute Gasteiger partial charge is 0.348 e. The molecule has 0 aromatic carbocycles. The lowest BCUT2D eigenvalue weighted by molar-refractivity contribution is 0.00504. The third-order valence-corrected chi connectivity index (χ3v) is 6.81. The second-order valence-electron chi connectivity index (χ2n) is 8.85. The van der Waals surface area contributed by atoms with Crippen molar-refractivity contribution in [3.8, 4) is 5.82 Å². The molecule has 1 saturated heterocycles. The number of alkyl halides is 2. The van der Waals surface area contributed by atoms with Crippen LogP contribution in [0.3, 0.4) is 0 Å². The van der Waals surface area contributed by atoms with Gasteiger partial charge in [0, 0.05) is 37.4 Å². The first-order valence-corrected chi connectivity index (χ1v) is 10.9. The number of imidazole rings is 1. The van der Waals surface area contributed by atoms with Crippen molar-refractivity contribution in [1.82, 2.24) is 24.8 Å². The molecule has 1 N–H and O–H groups in total. The van der Waals surface area contributed by atoms with Gasteiger partial charge in [0.15, 0.2) is 0 Å². The molecule has 0 atom stereocenters. The van der Waals surface area contributed by atoms with Gasteiger partial charge in [-0.05, 0) is 62.1 Å². The Hall–Kier alpha value is -2.35. The lowest BCUT2D eigenvalue weighted by Crippen LogP contribution is -2.44. The van der Waals surface area contributed by atoms with Crippen LogP contribution in [0.4, 0.5) is 8.78 Å². The molecule has 8 heteroatoms. The maximum Gasteiger partial charge on any atom is 0.270 e. The number of nitrogens with one attached hydrogen (secondary N) is 1. The van der Waals surface area contributed by atoms with Gasteiger partial charge in [-0.25, -0.2) is 18.7 Å². The molecule has 2 aromatic rings. The molecule has 0 radical (unpaired) electrons. The maximum absolute atomic E-state index is 13.5. The van der Waals surface area contributed by atoms with Crippen molar-refractivity contribution in [3.63, 3.8) is 0 Å². The number of aromatic nitrogens is 3. The van der Waals surface area contributed by atoms with Crippen LogP contribution < -0.4 is 5.32 Å². The zero-order valence-corrected chi connectivity index (χ0v) is 17.0. The topological polar surface area (TPSA) is 63.1 Å². The molecule has 0 bridgehead atoms. The van der Waals surface area contributed by atoms with Crippen LogP contribution in [0, 0.1) is 0 Å². The standard InChI is InChI=1S/C22H27F2N5O/c23-22(24)8-10-28(13-22)17-6-4-16(5-7-17)26-21(30)20-18-3-1-2-15(18)12-19(27-20)29-11-9-25-14-29/h9,11-12,14,16-17H,1-8,10,13H2,(H,26,30)/t16-,17-. The molecular weight excluding hydrogens is 388 g/mol. The molecule has 0 unspecified atom stereocenters. The van der Waals surface area contributed by atoms with E-state index in [1.807, 2.05) is 15.7 Å². The molecule has 5 rings (SSSR count). The van der Waals surface area contributed by atoms with E-state index in [-0.39, 0.29) is 31.0 Å². The van der Waals surface area contributed by atoms with Gasteiger partial charge in [0.1, 0.15) is 17.8 Å². The fourth-order valence-corrected chi connectivity index (χ4v) is 5.19. The Kier molecular flexibility index (Phi) is 5.05. The van der Waals surface area contributed by atoms with Crippen molar-refractivity contribution in [2.45, 2.75) is 69.4 Å². The molecule has 2 aromatic heterocycles. The average molecular weight is 415 g/mol. The van der Waals surface area contributed by atoms with Crippen molar-refractivity contribution in [2.75, 3.05) is 13.1 Å². The number of aryl methyl sites for hydroxylation is 1. The van der Waals surface area contributed by atoms with Gasteiger partial charge < -0.3 is 5.32 Å². The summed E-state index contributed by atoms with van der Waals surface area (Å²) in [6, 6.07) is 2.34. The van der Waals surface area contributed by atoms with Crippen molar-refractivity contribution < 1.29 is 13.6 Å². The molecule has 2 aliphatic carbocycles. The lowest BCUT2D eigenvalue weighted by Gasteiger charge is -2.34. The van der Waals surface area contributed by atoms with E-state index in [0.717, 1.165) is 56.3 Å². The summed E-state index contributed by atoms with van der Waals surface area (Å²) in [6.07, 6.45) is 11.4. The third-order valence-electron chi connectivity index (χ3n) is 6.81. The van der Waals surface area contributed by atoms with E-state index in [2.05, 4.69) is 21.4 Å². The lowest BCUT2D eigenvalue weighted by atomic mass is 9.90. The number of likely N-dealkylation sites (tertiary alicyclic amines) is 1. The van der Waals surface area contributed by atoms with Crippen LogP contribution in [-0.2, 0) is 12.8 Å². The van der Waals surface area contributed by atoms with E-state index in [9.17, 15) is 13.6 Å². The molecule has 1 saturated carbocycles. The first-order valence-electron chi connectivity index (χ1n) is 10.9. The molecule has 2 fully saturated rings. The highest BCUT2D eigenvalue weighted by atomic mass is 19.3. The van der Waals surface area contributed by atoms with Crippen LogP contribution in [0.15, 0.2) is 24.8 Å². The minimum Gasteiger partial charge on any atom is -0.348 e. The monoisotopic (exact) mass is 415 g/mol. The maximum atomic E-state index is 13.5. The normalized spacial score (nSPS) is 25.9. The number of nitrogens with zero attached hydrogens (tertiary/aromatic N) is 4. The predicted molar refractivity (Wildman–Crippen MR) is 108 cm³/mol. The number of rotatable bonds is 4. The van der Waals surface area contributed by atoms with Crippen molar-refractivity contribution in [1.29, 1.82) is 0 Å². The quantitative estimate of drug-likeness (QED) is 0.833. The molecule has 3 heterocycles. The van der Waals surface area contributed by atoms with Gasteiger partial charge in [0.05, 0.1) is 6.54 Å². The minimum absolute atomic E-state index is 0.0340. The van der Waals surface area contributed by atoms with Crippen LogP contribution in [0.2, 0.25) is 0 Å². The van der Waals surface area contributed by atoms with Crippen LogP contribution in [0.25, 0.3) is 5.82 Å². The Morgan fingerprint density at radius 1 is 1.20 bits per heavy atom. The number of hydrogen-bond acceptors (Lipinski definition) is 4. The van der Waals surface area contributed by atoms with E-state index in [1.54, 1.807) is 12.5 Å². The van der Waals surface area contributed by atoms with Gasteiger partial charge in [-0.2, -0.15) is 0 Å². The second-order valence-corrected chi connectivity index (χ2v) is 8.85. The molecule has 1 aliphatic heterocycles. The summed E-state index contributed by atoms with van der Waals surface area (Å²) in [5, 5.41) is 3.17. The smallest absolute Gasteiger partial charge is 0.270 e. The molecule has 6 nitrogen and oxygen atoms in total. The van der Waals surface area contributed by atoms with Gasteiger partial charge in [-0.1, -0.05) is 0 Å². The zero-order chi connectivity index (χ0) is 20.7. The third kappa shape index (κ3) is 3.85. The van der Waals surface area contributed by atoms with Gasteiger partial charge in [0.2, 0.25) is 0 Å². The summed E-state index contributed by atoms with van der Waals surface area (Å²) in [5.41, 5.74) is 2.77. The fourth-order valence-electron chi connectivity index (χ4n) is 5.19. The molecule has 0 spiro atoms. The summed E-state index contributed by atoms with van der Waals surface area (Å²) < 4.78 is 28.9. The Bertz CT molecular complexity index is 922. The first-order chi connectivity index (χ1) is 14.5. The highest BCUT2D eigenvalue weighted by molar-refractivity contribution is 5.94. The van der Waals surface area contributed by atoms with E-state index < -0.39 is 5.92 Å². The number of amides is 1. The molecule has 160 valence electrons. The van der Waals surface area contributed by atoms with Crippen molar-refractivity contribution in [3.05, 3.63) is 41.6 Å². The van der Waals surface area contributed by atoms with Crippen molar-refractivity contribution in [2.24, 2.45) is 0 Å². The van der Waals surface area contributed by atoms with E-state index in [4.69, 9.17) is 0 Å². The number of carbonyl (C=O) groups excluding carboxylic acids is 1. The van der Waals surface area contributed by atoms with Gasteiger partial charge >= 0.3 is 0 Å². The second kappa shape index (κ2) is 7.72. The van der Waals surface area contributed by atoms with Gasteiger partial charge in [-0.3, -0.25) is 14.3 Å². The first kappa shape index (κ1) is 19.6. The average Bonchev–Trinajstić information content (AvgIpc) is 3.48. The van der Waals surface area contributed by atoms with Crippen LogP contribution >= 0.6 is 0 Å². The van der Waals surface area contributed by atoms with Gasteiger partial charge in [0.25, 0.3) is 11.8 Å². The Labute approximate surface area is 174 Å².